The van der Waals surface area contributed by atoms with Gasteiger partial charge in [-0.25, -0.2) is 8.42 Å². The van der Waals surface area contributed by atoms with Gasteiger partial charge in [0.1, 0.15) is 5.75 Å². The minimum Gasteiger partial charge on any atom is -0.497 e. The fourth-order valence-corrected chi connectivity index (χ4v) is 4.27. The smallest absolute Gasteiger partial charge is 0.254 e. The van der Waals surface area contributed by atoms with Crippen molar-refractivity contribution in [1.29, 1.82) is 0 Å². The number of hydrogen-bond donors (Lipinski definition) is 0. The Labute approximate surface area is 153 Å². The highest BCUT2D eigenvalue weighted by Gasteiger charge is 2.29. The van der Waals surface area contributed by atoms with Crippen LogP contribution in [0.25, 0.3) is 0 Å². The van der Waals surface area contributed by atoms with Crippen LogP contribution in [0.3, 0.4) is 0 Å². The molecule has 7 heteroatoms. The van der Waals surface area contributed by atoms with Crippen molar-refractivity contribution in [1.82, 2.24) is 9.88 Å². The number of likely N-dealkylation sites (tertiary alicyclic amines) is 1. The molecule has 0 unspecified atom stereocenters. The quantitative estimate of drug-likeness (QED) is 0.822. The molecule has 1 amide bonds. The summed E-state index contributed by atoms with van der Waals surface area (Å²) in [5, 5.41) is 0. The number of pyridine rings is 1. The first-order valence-electron chi connectivity index (χ1n) is 8.48. The number of benzene rings is 1. The van der Waals surface area contributed by atoms with Crippen molar-refractivity contribution in [2.24, 2.45) is 0 Å². The Morgan fingerprint density at radius 1 is 1.27 bits per heavy atom. The second-order valence-corrected chi connectivity index (χ2v) is 8.47. The molecule has 0 spiro atoms. The van der Waals surface area contributed by atoms with Crippen molar-refractivity contribution < 1.29 is 17.9 Å². The van der Waals surface area contributed by atoms with Crippen molar-refractivity contribution >= 4 is 15.7 Å². The van der Waals surface area contributed by atoms with Gasteiger partial charge in [0, 0.05) is 37.0 Å². The SMILES string of the molecule is COc1cccc(C(=O)N2CCC[C@@H](c3ncccc3S(C)(=O)=O)C2)c1. The maximum atomic E-state index is 12.9. The van der Waals surface area contributed by atoms with Crippen molar-refractivity contribution in [3.63, 3.8) is 0 Å². The number of aromatic nitrogens is 1. The molecule has 1 atom stereocenters. The maximum Gasteiger partial charge on any atom is 0.254 e. The lowest BCUT2D eigenvalue weighted by Gasteiger charge is -2.33. The van der Waals surface area contributed by atoms with Crippen molar-refractivity contribution in [2.75, 3.05) is 26.5 Å². The summed E-state index contributed by atoms with van der Waals surface area (Å²) in [5.41, 5.74) is 1.12. The average Bonchev–Trinajstić information content (AvgIpc) is 2.67. The fraction of sp³-hybridized carbons (Fsp3) is 0.368. The Balaban J connectivity index is 1.85. The minimum atomic E-state index is -3.36. The molecule has 2 aromatic rings. The molecule has 138 valence electrons. The molecule has 0 bridgehead atoms. The summed E-state index contributed by atoms with van der Waals surface area (Å²) in [6, 6.07) is 10.3. The van der Waals surface area contributed by atoms with Crippen LogP contribution in [0.5, 0.6) is 5.75 Å². The van der Waals surface area contributed by atoms with Gasteiger partial charge >= 0.3 is 0 Å². The van der Waals surface area contributed by atoms with Gasteiger partial charge in [0.2, 0.25) is 0 Å². The molecule has 1 aromatic carbocycles. The molecule has 0 aliphatic carbocycles. The number of sulfone groups is 1. The van der Waals surface area contributed by atoms with Gasteiger partial charge in [0.15, 0.2) is 9.84 Å². The highest BCUT2D eigenvalue weighted by molar-refractivity contribution is 7.90. The lowest BCUT2D eigenvalue weighted by atomic mass is 9.93. The largest absolute Gasteiger partial charge is 0.497 e. The van der Waals surface area contributed by atoms with E-state index in [0.717, 1.165) is 12.8 Å². The predicted octanol–water partition coefficient (Wildman–Crippen LogP) is 2.51. The number of rotatable bonds is 4. The average molecular weight is 374 g/mol. The van der Waals surface area contributed by atoms with Crippen LogP contribution in [0.2, 0.25) is 0 Å². The van der Waals surface area contributed by atoms with Crippen LogP contribution in [0.1, 0.15) is 34.8 Å². The number of carbonyl (C=O) groups excluding carboxylic acids is 1. The van der Waals surface area contributed by atoms with Gasteiger partial charge in [0.25, 0.3) is 5.91 Å². The first-order valence-corrected chi connectivity index (χ1v) is 10.4. The van der Waals surface area contributed by atoms with E-state index in [9.17, 15) is 13.2 Å². The van der Waals surface area contributed by atoms with Crippen molar-refractivity contribution in [3.8, 4) is 5.75 Å². The van der Waals surface area contributed by atoms with Gasteiger partial charge in [-0.2, -0.15) is 0 Å². The van der Waals surface area contributed by atoms with Crippen LogP contribution in [-0.4, -0.2) is 50.7 Å². The second-order valence-electron chi connectivity index (χ2n) is 6.48. The van der Waals surface area contributed by atoms with E-state index >= 15 is 0 Å². The monoisotopic (exact) mass is 374 g/mol. The lowest BCUT2D eigenvalue weighted by molar-refractivity contribution is 0.0704. The van der Waals surface area contributed by atoms with E-state index in [-0.39, 0.29) is 16.7 Å². The van der Waals surface area contributed by atoms with Crippen LogP contribution in [0.4, 0.5) is 0 Å². The molecule has 1 aliphatic rings. The van der Waals surface area contributed by atoms with Crippen molar-refractivity contribution in [2.45, 2.75) is 23.7 Å². The molecular formula is C19H22N2O4S. The molecule has 3 rings (SSSR count). The number of ether oxygens (including phenoxy) is 1. The molecule has 2 heterocycles. The van der Waals surface area contributed by atoms with Crippen LogP contribution >= 0.6 is 0 Å². The third-order valence-electron chi connectivity index (χ3n) is 4.61. The topological polar surface area (TPSA) is 76.6 Å². The third kappa shape index (κ3) is 3.88. The Hall–Kier alpha value is -2.41. The van der Waals surface area contributed by atoms with Gasteiger partial charge in [-0.3, -0.25) is 9.78 Å². The summed E-state index contributed by atoms with van der Waals surface area (Å²) in [6.45, 7) is 1.10. The minimum absolute atomic E-state index is 0.0783. The zero-order valence-corrected chi connectivity index (χ0v) is 15.7. The zero-order valence-electron chi connectivity index (χ0n) is 14.9. The van der Waals surface area contributed by atoms with Gasteiger partial charge in [-0.05, 0) is 43.2 Å². The number of piperidine rings is 1. The molecule has 1 aromatic heterocycles. The number of amides is 1. The molecule has 0 N–H and O–H groups in total. The molecule has 0 saturated carbocycles. The van der Waals surface area contributed by atoms with E-state index in [4.69, 9.17) is 4.74 Å². The van der Waals surface area contributed by atoms with Crippen LogP contribution in [0, 0.1) is 0 Å². The lowest BCUT2D eigenvalue weighted by Crippen LogP contribution is -2.39. The molecule has 1 saturated heterocycles. The van der Waals surface area contributed by atoms with Gasteiger partial charge in [0.05, 0.1) is 17.7 Å². The van der Waals surface area contributed by atoms with Gasteiger partial charge in [-0.15, -0.1) is 0 Å². The Morgan fingerprint density at radius 2 is 2.08 bits per heavy atom. The summed E-state index contributed by atoms with van der Waals surface area (Å²) in [5.74, 6) is 0.461. The number of nitrogens with zero attached hydrogens (tertiary/aromatic N) is 2. The first-order chi connectivity index (χ1) is 12.4. The molecular weight excluding hydrogens is 352 g/mol. The molecule has 1 fully saturated rings. The van der Waals surface area contributed by atoms with E-state index in [1.807, 2.05) is 0 Å². The summed E-state index contributed by atoms with van der Waals surface area (Å²) in [4.78, 5) is 19.2. The van der Waals surface area contributed by atoms with E-state index < -0.39 is 9.84 Å². The Kier molecular flexibility index (Phi) is 5.27. The molecule has 6 nitrogen and oxygen atoms in total. The summed E-state index contributed by atoms with van der Waals surface area (Å²) in [6.07, 6.45) is 4.41. The summed E-state index contributed by atoms with van der Waals surface area (Å²) in [7, 11) is -1.80. The normalized spacial score (nSPS) is 17.8. The summed E-state index contributed by atoms with van der Waals surface area (Å²) >= 11 is 0. The first kappa shape index (κ1) is 18.4. The highest BCUT2D eigenvalue weighted by Crippen LogP contribution is 2.30. The highest BCUT2D eigenvalue weighted by atomic mass is 32.2. The van der Waals surface area contributed by atoms with E-state index in [2.05, 4.69) is 4.98 Å². The van der Waals surface area contributed by atoms with E-state index in [1.54, 1.807) is 54.6 Å². The standard InChI is InChI=1S/C19H22N2O4S/c1-25-16-8-3-6-14(12-16)19(22)21-11-5-7-15(13-21)18-17(26(2,23)24)9-4-10-20-18/h3-4,6,8-10,12,15H,5,7,11,13H2,1-2H3/t15-/m1/s1. The van der Waals surface area contributed by atoms with Gasteiger partial charge in [-0.1, -0.05) is 6.07 Å². The molecule has 1 aliphatic heterocycles. The van der Waals surface area contributed by atoms with Gasteiger partial charge < -0.3 is 9.64 Å². The molecule has 0 radical (unpaired) electrons. The number of carbonyl (C=O) groups is 1. The second kappa shape index (κ2) is 7.45. The van der Waals surface area contributed by atoms with Crippen LogP contribution in [0.15, 0.2) is 47.5 Å². The Morgan fingerprint density at radius 3 is 2.81 bits per heavy atom. The fourth-order valence-electron chi connectivity index (χ4n) is 3.35. The predicted molar refractivity (Wildman–Crippen MR) is 98.2 cm³/mol. The maximum absolute atomic E-state index is 12.9. The van der Waals surface area contributed by atoms with Crippen LogP contribution < -0.4 is 4.74 Å². The van der Waals surface area contributed by atoms with Crippen molar-refractivity contribution in [3.05, 3.63) is 53.9 Å². The number of hydrogen-bond acceptors (Lipinski definition) is 5. The van der Waals surface area contributed by atoms with E-state index in [0.29, 0.717) is 30.1 Å². The third-order valence-corrected chi connectivity index (χ3v) is 5.76. The van der Waals surface area contributed by atoms with E-state index in [1.165, 1.54) is 6.26 Å². The summed E-state index contributed by atoms with van der Waals surface area (Å²) < 4.78 is 29.3. The molecule has 26 heavy (non-hydrogen) atoms. The van der Waals surface area contributed by atoms with Crippen LogP contribution in [-0.2, 0) is 9.84 Å². The Bertz CT molecular complexity index is 911. The number of methoxy groups -OCH3 is 1. The zero-order chi connectivity index (χ0) is 18.7.